The molecule has 2 rings (SSSR count). The van der Waals surface area contributed by atoms with Crippen molar-refractivity contribution in [3.63, 3.8) is 0 Å². The number of rotatable bonds is 2. The summed E-state index contributed by atoms with van der Waals surface area (Å²) in [7, 11) is -3.59. The molecular formula is C10H7N2O2S. The first-order valence-electron chi connectivity index (χ1n) is 4.20. The Balaban J connectivity index is 2.55. The maximum atomic E-state index is 11.9. The van der Waals surface area contributed by atoms with E-state index in [4.69, 9.17) is 0 Å². The minimum Gasteiger partial charge on any atom is -0.226 e. The van der Waals surface area contributed by atoms with Crippen LogP contribution >= 0.6 is 0 Å². The molecule has 0 spiro atoms. The maximum Gasteiger partial charge on any atom is 0.252 e. The third kappa shape index (κ3) is 1.87. The van der Waals surface area contributed by atoms with Crippen LogP contribution < -0.4 is 0 Å². The van der Waals surface area contributed by atoms with Gasteiger partial charge in [-0.05, 0) is 18.2 Å². The molecule has 0 saturated carbocycles. The van der Waals surface area contributed by atoms with Crippen molar-refractivity contribution in [1.29, 1.82) is 0 Å². The fourth-order valence-corrected chi connectivity index (χ4v) is 2.19. The second kappa shape index (κ2) is 3.78. The summed E-state index contributed by atoms with van der Waals surface area (Å²) in [4.78, 5) is 7.48. The molecule has 15 heavy (non-hydrogen) atoms. The van der Waals surface area contributed by atoms with Gasteiger partial charge in [-0.1, -0.05) is 18.2 Å². The van der Waals surface area contributed by atoms with Crippen molar-refractivity contribution in [1.82, 2.24) is 9.97 Å². The molecule has 0 aliphatic heterocycles. The summed E-state index contributed by atoms with van der Waals surface area (Å²) in [6.07, 6.45) is 3.80. The third-order valence-electron chi connectivity index (χ3n) is 1.79. The first-order valence-corrected chi connectivity index (χ1v) is 5.69. The Labute approximate surface area is 87.6 Å². The molecule has 4 nitrogen and oxygen atoms in total. The van der Waals surface area contributed by atoms with Gasteiger partial charge in [0.05, 0.1) is 11.1 Å². The molecule has 0 amide bonds. The second-order valence-corrected chi connectivity index (χ2v) is 4.63. The van der Waals surface area contributed by atoms with Gasteiger partial charge in [-0.25, -0.2) is 18.4 Å². The third-order valence-corrected chi connectivity index (χ3v) is 3.36. The van der Waals surface area contributed by atoms with Gasteiger partial charge in [0.25, 0.3) is 5.16 Å². The van der Waals surface area contributed by atoms with E-state index in [2.05, 4.69) is 16.2 Å². The molecule has 1 heterocycles. The van der Waals surface area contributed by atoms with Crippen LogP contribution in [0.1, 0.15) is 0 Å². The van der Waals surface area contributed by atoms with Crippen LogP contribution in [0.2, 0.25) is 0 Å². The standard InChI is InChI=1S/C10H7N2O2S/c13-15(14,9-5-2-1-3-6-9)10-11-7-4-8-12-10/h1-7H. The molecule has 75 valence electrons. The molecule has 0 aliphatic carbocycles. The van der Waals surface area contributed by atoms with Gasteiger partial charge in [0.15, 0.2) is 0 Å². The molecule has 5 heteroatoms. The Morgan fingerprint density at radius 1 is 1.13 bits per heavy atom. The minimum atomic E-state index is -3.59. The van der Waals surface area contributed by atoms with Crippen LogP contribution in [-0.2, 0) is 9.84 Å². The van der Waals surface area contributed by atoms with Gasteiger partial charge in [-0.15, -0.1) is 0 Å². The molecule has 2 aromatic rings. The van der Waals surface area contributed by atoms with E-state index in [1.807, 2.05) is 0 Å². The van der Waals surface area contributed by atoms with Crippen LogP contribution in [0, 0.1) is 6.20 Å². The second-order valence-electron chi connectivity index (χ2n) is 2.78. The van der Waals surface area contributed by atoms with Crippen LogP contribution in [0.4, 0.5) is 0 Å². The van der Waals surface area contributed by atoms with Gasteiger partial charge in [0, 0.05) is 6.20 Å². The predicted octanol–water partition coefficient (Wildman–Crippen LogP) is 1.11. The Kier molecular flexibility index (Phi) is 2.47. The molecule has 1 aromatic carbocycles. The normalized spacial score (nSPS) is 11.2. The van der Waals surface area contributed by atoms with Crippen molar-refractivity contribution in [2.75, 3.05) is 0 Å². The lowest BCUT2D eigenvalue weighted by Crippen LogP contribution is -2.06. The van der Waals surface area contributed by atoms with Gasteiger partial charge >= 0.3 is 0 Å². The number of aromatic nitrogens is 2. The molecule has 0 aliphatic rings. The highest BCUT2D eigenvalue weighted by Crippen LogP contribution is 2.15. The van der Waals surface area contributed by atoms with E-state index < -0.39 is 9.84 Å². The van der Waals surface area contributed by atoms with Crippen molar-refractivity contribution in [2.24, 2.45) is 0 Å². The van der Waals surface area contributed by atoms with E-state index >= 15 is 0 Å². The average Bonchev–Trinajstić information content (AvgIpc) is 2.31. The topological polar surface area (TPSA) is 59.9 Å². The first kappa shape index (κ1) is 9.79. The zero-order valence-corrected chi connectivity index (χ0v) is 8.48. The highest BCUT2D eigenvalue weighted by molar-refractivity contribution is 7.91. The molecular weight excluding hydrogens is 212 g/mol. The molecule has 0 unspecified atom stereocenters. The number of benzene rings is 1. The summed E-state index contributed by atoms with van der Waals surface area (Å²) >= 11 is 0. The smallest absolute Gasteiger partial charge is 0.226 e. The summed E-state index contributed by atoms with van der Waals surface area (Å²) < 4.78 is 23.8. The van der Waals surface area contributed by atoms with Crippen LogP contribution in [-0.4, -0.2) is 18.4 Å². The summed E-state index contributed by atoms with van der Waals surface area (Å²) in [6.45, 7) is 0. The lowest BCUT2D eigenvalue weighted by atomic mass is 10.4. The van der Waals surface area contributed by atoms with Crippen LogP contribution in [0.25, 0.3) is 0 Å². The molecule has 0 fully saturated rings. The summed E-state index contributed by atoms with van der Waals surface area (Å²) in [6, 6.07) is 9.51. The zero-order valence-electron chi connectivity index (χ0n) is 7.66. The molecule has 0 N–H and O–H groups in total. The van der Waals surface area contributed by atoms with Crippen LogP contribution in [0.3, 0.4) is 0 Å². The highest BCUT2D eigenvalue weighted by atomic mass is 32.2. The molecule has 1 aromatic heterocycles. The molecule has 1 radical (unpaired) electrons. The van der Waals surface area contributed by atoms with E-state index in [9.17, 15) is 8.42 Å². The van der Waals surface area contributed by atoms with E-state index in [-0.39, 0.29) is 10.1 Å². The SMILES string of the molecule is O=S(=O)(c1ccccc1)c1n[c]ccn1. The van der Waals surface area contributed by atoms with Crippen molar-refractivity contribution < 1.29 is 8.42 Å². The summed E-state index contributed by atoms with van der Waals surface area (Å²) in [5.74, 6) is 0. The maximum absolute atomic E-state index is 11.9. The Morgan fingerprint density at radius 3 is 2.47 bits per heavy atom. The fourth-order valence-electron chi connectivity index (χ4n) is 1.09. The lowest BCUT2D eigenvalue weighted by Gasteiger charge is -2.00. The van der Waals surface area contributed by atoms with Crippen molar-refractivity contribution in [2.45, 2.75) is 10.1 Å². The van der Waals surface area contributed by atoms with Crippen molar-refractivity contribution in [3.05, 3.63) is 48.8 Å². The van der Waals surface area contributed by atoms with Gasteiger partial charge in [-0.2, -0.15) is 0 Å². The summed E-state index contributed by atoms with van der Waals surface area (Å²) in [5, 5.41) is -0.226. The monoisotopic (exact) mass is 219 g/mol. The van der Waals surface area contributed by atoms with Crippen LogP contribution in [0.15, 0.2) is 52.6 Å². The Hall–Kier alpha value is -1.75. The van der Waals surface area contributed by atoms with Gasteiger partial charge in [0.2, 0.25) is 9.84 Å². The number of sulfone groups is 1. The van der Waals surface area contributed by atoms with Gasteiger partial charge < -0.3 is 0 Å². The molecule has 0 saturated heterocycles. The largest absolute Gasteiger partial charge is 0.252 e. The fraction of sp³-hybridized carbons (Fsp3) is 0. The summed E-state index contributed by atoms with van der Waals surface area (Å²) in [5.41, 5.74) is 0. The Bertz CT molecular complexity index is 493. The average molecular weight is 219 g/mol. The number of hydrogen-bond acceptors (Lipinski definition) is 4. The van der Waals surface area contributed by atoms with Gasteiger partial charge in [-0.3, -0.25) is 0 Å². The first-order chi connectivity index (χ1) is 7.21. The highest BCUT2D eigenvalue weighted by Gasteiger charge is 2.19. The van der Waals surface area contributed by atoms with Crippen molar-refractivity contribution >= 4 is 9.84 Å². The quantitative estimate of drug-likeness (QED) is 0.710. The van der Waals surface area contributed by atoms with Gasteiger partial charge in [0.1, 0.15) is 0 Å². The predicted molar refractivity (Wildman–Crippen MR) is 52.8 cm³/mol. The Morgan fingerprint density at radius 2 is 1.87 bits per heavy atom. The van der Waals surface area contributed by atoms with E-state index in [1.165, 1.54) is 24.4 Å². The van der Waals surface area contributed by atoms with E-state index in [0.29, 0.717) is 0 Å². The van der Waals surface area contributed by atoms with Crippen LogP contribution in [0.5, 0.6) is 0 Å². The number of nitrogens with zero attached hydrogens (tertiary/aromatic N) is 2. The number of hydrogen-bond donors (Lipinski definition) is 0. The molecule has 0 atom stereocenters. The minimum absolute atomic E-state index is 0.185. The van der Waals surface area contributed by atoms with E-state index in [1.54, 1.807) is 18.2 Å². The molecule has 0 bridgehead atoms. The lowest BCUT2D eigenvalue weighted by molar-refractivity contribution is 0.586. The zero-order chi connectivity index (χ0) is 10.7. The van der Waals surface area contributed by atoms with E-state index in [0.717, 1.165) is 0 Å². The van der Waals surface area contributed by atoms with Crippen molar-refractivity contribution in [3.8, 4) is 0 Å².